The van der Waals surface area contributed by atoms with E-state index in [0.717, 1.165) is 51.7 Å². The van der Waals surface area contributed by atoms with Crippen molar-refractivity contribution in [1.82, 2.24) is 0 Å². The second kappa shape index (κ2) is 4.51. The molecule has 0 aromatic carbocycles. The Labute approximate surface area is 150 Å². The quantitative estimate of drug-likeness (QED) is 0.630. The van der Waals surface area contributed by atoms with Crippen LogP contribution in [0.15, 0.2) is 0 Å². The van der Waals surface area contributed by atoms with E-state index in [2.05, 4.69) is 13.8 Å². The van der Waals surface area contributed by atoms with Crippen LogP contribution in [0.4, 0.5) is 0 Å². The van der Waals surface area contributed by atoms with Crippen molar-refractivity contribution in [1.29, 1.82) is 0 Å². The number of hydrogen-bond acceptors (Lipinski definition) is 4. The van der Waals surface area contributed by atoms with Gasteiger partial charge in [0.2, 0.25) is 0 Å². The lowest BCUT2D eigenvalue weighted by atomic mass is 9.44. The van der Waals surface area contributed by atoms with Gasteiger partial charge in [-0.1, -0.05) is 13.8 Å². The molecule has 6 fully saturated rings. The van der Waals surface area contributed by atoms with Gasteiger partial charge in [-0.2, -0.15) is 0 Å². The van der Waals surface area contributed by atoms with Gasteiger partial charge in [-0.05, 0) is 49.4 Å². The van der Waals surface area contributed by atoms with Gasteiger partial charge in [0.1, 0.15) is 11.4 Å². The third-order valence-electron chi connectivity index (χ3n) is 9.43. The Kier molecular flexibility index (Phi) is 2.81. The Hall–Kier alpha value is -0.450. The molecule has 2 saturated heterocycles. The molecule has 0 unspecified atom stereocenters. The first kappa shape index (κ1) is 15.6. The van der Waals surface area contributed by atoms with E-state index in [0.29, 0.717) is 23.7 Å². The molecular formula is C21H30O4. The van der Waals surface area contributed by atoms with Crippen LogP contribution in [0.3, 0.4) is 0 Å². The Balaban J connectivity index is 1.40. The zero-order chi connectivity index (χ0) is 17.1. The summed E-state index contributed by atoms with van der Waals surface area (Å²) in [5.74, 6) is 1.52. The van der Waals surface area contributed by atoms with Crippen LogP contribution in [0.5, 0.6) is 0 Å². The fourth-order valence-electron chi connectivity index (χ4n) is 8.24. The van der Waals surface area contributed by atoms with Gasteiger partial charge in [-0.3, -0.25) is 4.79 Å². The van der Waals surface area contributed by atoms with Crippen LogP contribution >= 0.6 is 0 Å². The van der Waals surface area contributed by atoms with Crippen LogP contribution in [0.1, 0.15) is 65.2 Å². The number of rotatable bonds is 0. The van der Waals surface area contributed by atoms with E-state index >= 15 is 0 Å². The van der Waals surface area contributed by atoms with Crippen molar-refractivity contribution < 1.29 is 19.0 Å². The summed E-state index contributed by atoms with van der Waals surface area (Å²) in [4.78, 5) is 12.8. The third-order valence-corrected chi connectivity index (χ3v) is 9.43. The molecule has 25 heavy (non-hydrogen) atoms. The van der Waals surface area contributed by atoms with Gasteiger partial charge in [0, 0.05) is 30.6 Å². The van der Waals surface area contributed by atoms with Crippen molar-refractivity contribution in [2.24, 2.45) is 28.6 Å². The highest BCUT2D eigenvalue weighted by Gasteiger charge is 2.78. The summed E-state index contributed by atoms with van der Waals surface area (Å²) in [7, 11) is 0. The number of fused-ring (bicyclic) bond motifs is 4. The van der Waals surface area contributed by atoms with E-state index in [1.807, 2.05) is 0 Å². The maximum Gasteiger partial charge on any atom is 0.169 e. The third kappa shape index (κ3) is 1.73. The van der Waals surface area contributed by atoms with Crippen LogP contribution in [-0.4, -0.2) is 36.5 Å². The van der Waals surface area contributed by atoms with E-state index in [9.17, 15) is 4.79 Å². The molecule has 0 amide bonds. The minimum atomic E-state index is -0.376. The van der Waals surface area contributed by atoms with E-state index < -0.39 is 0 Å². The van der Waals surface area contributed by atoms with Crippen molar-refractivity contribution in [2.75, 3.05) is 13.2 Å². The van der Waals surface area contributed by atoms with E-state index in [-0.39, 0.29) is 28.1 Å². The van der Waals surface area contributed by atoms with Gasteiger partial charge in [0.05, 0.1) is 19.3 Å². The summed E-state index contributed by atoms with van der Waals surface area (Å²) < 4.78 is 18.7. The Morgan fingerprint density at radius 2 is 1.84 bits per heavy atom. The summed E-state index contributed by atoms with van der Waals surface area (Å²) in [6, 6.07) is 0. The molecule has 4 nitrogen and oxygen atoms in total. The lowest BCUT2D eigenvalue weighted by Gasteiger charge is -2.59. The summed E-state index contributed by atoms with van der Waals surface area (Å²) in [6.45, 7) is 6.27. The summed E-state index contributed by atoms with van der Waals surface area (Å²) >= 11 is 0. The van der Waals surface area contributed by atoms with Gasteiger partial charge < -0.3 is 14.2 Å². The van der Waals surface area contributed by atoms with E-state index in [1.165, 1.54) is 12.8 Å². The second-order valence-corrected chi connectivity index (χ2v) is 10.3. The fourth-order valence-corrected chi connectivity index (χ4v) is 8.24. The van der Waals surface area contributed by atoms with Gasteiger partial charge in [0.15, 0.2) is 5.79 Å². The number of ketones is 1. The van der Waals surface area contributed by atoms with Gasteiger partial charge in [-0.15, -0.1) is 0 Å². The monoisotopic (exact) mass is 346 g/mol. The molecule has 6 aliphatic rings. The molecule has 0 bridgehead atoms. The normalized spacial score (nSPS) is 58.4. The molecule has 0 aromatic heterocycles. The van der Waals surface area contributed by atoms with E-state index in [4.69, 9.17) is 14.2 Å². The molecule has 4 heteroatoms. The Bertz CT molecular complexity index is 640. The molecule has 6 rings (SSSR count). The van der Waals surface area contributed by atoms with Crippen molar-refractivity contribution in [3.8, 4) is 0 Å². The van der Waals surface area contributed by atoms with Crippen LogP contribution in [0.25, 0.3) is 0 Å². The maximum atomic E-state index is 12.8. The number of carbonyl (C=O) groups excluding carboxylic acids is 1. The molecule has 0 radical (unpaired) electrons. The van der Waals surface area contributed by atoms with Gasteiger partial charge in [0.25, 0.3) is 0 Å². The molecule has 0 aromatic rings. The lowest BCUT2D eigenvalue weighted by molar-refractivity contribution is -0.234. The molecule has 2 aliphatic heterocycles. The minimum absolute atomic E-state index is 0.0458. The Morgan fingerprint density at radius 1 is 1.04 bits per heavy atom. The number of epoxide rings is 1. The zero-order valence-electron chi connectivity index (χ0n) is 15.5. The van der Waals surface area contributed by atoms with Crippen molar-refractivity contribution in [3.05, 3.63) is 0 Å². The number of hydrogen-bond donors (Lipinski definition) is 0. The topological polar surface area (TPSA) is 48.1 Å². The summed E-state index contributed by atoms with van der Waals surface area (Å²) in [5.41, 5.74) is 0.383. The zero-order valence-corrected chi connectivity index (χ0v) is 15.5. The highest BCUT2D eigenvalue weighted by atomic mass is 16.7. The average molecular weight is 346 g/mol. The molecule has 2 heterocycles. The van der Waals surface area contributed by atoms with Crippen LogP contribution in [-0.2, 0) is 19.0 Å². The highest BCUT2D eigenvalue weighted by Crippen LogP contribution is 2.74. The molecule has 7 atom stereocenters. The molecule has 4 saturated carbocycles. The first-order chi connectivity index (χ1) is 11.9. The number of Topliss-reactive ketones (excluding diaryl/α,β-unsaturated/α-hetero) is 1. The maximum absolute atomic E-state index is 12.8. The predicted molar refractivity (Wildman–Crippen MR) is 90.9 cm³/mol. The second-order valence-electron chi connectivity index (χ2n) is 10.3. The molecule has 138 valence electrons. The van der Waals surface area contributed by atoms with Gasteiger partial charge >= 0.3 is 0 Å². The smallest absolute Gasteiger partial charge is 0.169 e. The molecule has 2 spiro atoms. The van der Waals surface area contributed by atoms with Crippen LogP contribution in [0.2, 0.25) is 0 Å². The van der Waals surface area contributed by atoms with Crippen LogP contribution < -0.4 is 0 Å². The van der Waals surface area contributed by atoms with Crippen molar-refractivity contribution >= 4 is 5.78 Å². The number of carbonyl (C=O) groups is 1. The molecule has 0 N–H and O–H groups in total. The van der Waals surface area contributed by atoms with Gasteiger partial charge in [-0.25, -0.2) is 0 Å². The fraction of sp³-hybridized carbons (Fsp3) is 0.952. The summed E-state index contributed by atoms with van der Waals surface area (Å²) in [5, 5.41) is 0. The molecular weight excluding hydrogens is 316 g/mol. The van der Waals surface area contributed by atoms with Crippen molar-refractivity contribution in [3.63, 3.8) is 0 Å². The number of ether oxygens (including phenoxy) is 3. The average Bonchev–Trinajstić information content (AvgIpc) is 2.95. The highest BCUT2D eigenvalue weighted by molar-refractivity contribution is 5.84. The van der Waals surface area contributed by atoms with Crippen LogP contribution in [0, 0.1) is 28.6 Å². The molecule has 4 aliphatic carbocycles. The Morgan fingerprint density at radius 3 is 2.64 bits per heavy atom. The largest absolute Gasteiger partial charge is 0.365 e. The van der Waals surface area contributed by atoms with E-state index in [1.54, 1.807) is 0 Å². The summed E-state index contributed by atoms with van der Waals surface area (Å²) in [6.07, 6.45) is 8.82. The van der Waals surface area contributed by atoms with Crippen molar-refractivity contribution in [2.45, 2.75) is 82.7 Å². The SMILES string of the molecule is C[C@@]12CCC(=O)[C@H]1[C@@H]1C[C@H]3O[C@]34CCC3(C[C@]4(C)[C@H]1CC2)OCCO3. The minimum Gasteiger partial charge on any atom is -0.365 e. The first-order valence-corrected chi connectivity index (χ1v) is 10.4. The standard InChI is InChI=1S/C21H30O4/c1-18-5-3-14-13(17(18)15(22)4-6-18)11-16-21(25-16)8-7-20(12-19(14,21)2)23-9-10-24-20/h13-14,16-17H,3-12H2,1-2H3/t13-,14+,16-,17-,18-,19-,21-/m1/s1. The lowest BCUT2D eigenvalue weighted by Crippen LogP contribution is -2.61. The predicted octanol–water partition coefficient (Wildman–Crippen LogP) is 3.47. The first-order valence-electron chi connectivity index (χ1n) is 10.4.